The molecule has 0 fully saturated rings. The van der Waals surface area contributed by atoms with E-state index in [1.54, 1.807) is 6.92 Å². The number of carbonyl (C=O) groups excluding carboxylic acids is 1. The Labute approximate surface area is 138 Å². The Morgan fingerprint density at radius 1 is 1.30 bits per heavy atom. The third kappa shape index (κ3) is 4.40. The zero-order valence-corrected chi connectivity index (χ0v) is 14.0. The molecule has 0 aliphatic carbocycles. The van der Waals surface area contributed by atoms with Crippen LogP contribution in [-0.4, -0.2) is 36.6 Å². The van der Waals surface area contributed by atoms with Crippen molar-refractivity contribution in [3.63, 3.8) is 0 Å². The van der Waals surface area contributed by atoms with Gasteiger partial charge in [-0.3, -0.25) is 4.79 Å². The number of aromatic nitrogens is 2. The lowest BCUT2D eigenvalue weighted by molar-refractivity contribution is -0.125. The lowest BCUT2D eigenvalue weighted by Crippen LogP contribution is -2.25. The molecule has 1 amide bonds. The number of amides is 1. The normalized spacial score (nSPS) is 11.8. The molecule has 1 aromatic heterocycles. The highest BCUT2D eigenvalue weighted by atomic mass is 35.5. The molecule has 2 aromatic rings. The number of carbonyl (C=O) groups is 1. The van der Waals surface area contributed by atoms with Crippen molar-refractivity contribution >= 4 is 27.3 Å². The van der Waals surface area contributed by atoms with E-state index in [1.165, 1.54) is 36.2 Å². The molecule has 0 aliphatic rings. The maximum absolute atomic E-state index is 12.1. The van der Waals surface area contributed by atoms with E-state index in [9.17, 15) is 13.2 Å². The predicted octanol–water partition coefficient (Wildman–Crippen LogP) is 1.98. The molecule has 0 aliphatic heterocycles. The number of benzene rings is 1. The minimum atomic E-state index is -3.71. The van der Waals surface area contributed by atoms with Gasteiger partial charge in [0.15, 0.2) is 9.84 Å². The van der Waals surface area contributed by atoms with Crippen LogP contribution < -0.4 is 0 Å². The number of hydrogen-bond acceptors (Lipinski definition) is 6. The van der Waals surface area contributed by atoms with E-state index in [2.05, 4.69) is 14.9 Å². The summed E-state index contributed by atoms with van der Waals surface area (Å²) < 4.78 is 28.8. The molecular weight excluding hydrogens is 342 g/mol. The van der Waals surface area contributed by atoms with Gasteiger partial charge >= 0.3 is 0 Å². The van der Waals surface area contributed by atoms with Crippen molar-refractivity contribution in [3.05, 3.63) is 52.2 Å². The zero-order valence-electron chi connectivity index (χ0n) is 12.4. The van der Waals surface area contributed by atoms with Crippen LogP contribution in [0.1, 0.15) is 11.4 Å². The van der Waals surface area contributed by atoms with Crippen LogP contribution in [0.3, 0.4) is 0 Å². The third-order valence-corrected chi connectivity index (χ3v) is 4.72. The van der Waals surface area contributed by atoms with Crippen molar-refractivity contribution in [2.45, 2.75) is 18.4 Å². The first kappa shape index (κ1) is 17.2. The SMILES string of the molecule is Cc1nonc1CN(C)C(=O)/C=C/S(=O)(=O)c1ccc(Cl)cc1. The van der Waals surface area contributed by atoms with Gasteiger partial charge in [-0.15, -0.1) is 0 Å². The van der Waals surface area contributed by atoms with E-state index in [4.69, 9.17) is 11.6 Å². The van der Waals surface area contributed by atoms with Gasteiger partial charge in [-0.1, -0.05) is 21.9 Å². The smallest absolute Gasteiger partial charge is 0.247 e. The summed E-state index contributed by atoms with van der Waals surface area (Å²) in [6, 6.07) is 5.69. The van der Waals surface area contributed by atoms with Crippen molar-refractivity contribution in [2.24, 2.45) is 0 Å². The molecule has 0 saturated heterocycles. The van der Waals surface area contributed by atoms with Crippen LogP contribution in [0, 0.1) is 6.92 Å². The number of halogens is 1. The number of likely N-dealkylation sites (N-methyl/N-ethyl adjacent to an activating group) is 1. The first-order valence-corrected chi connectivity index (χ1v) is 8.44. The summed E-state index contributed by atoms with van der Waals surface area (Å²) in [6.07, 6.45) is 0.993. The van der Waals surface area contributed by atoms with Crippen molar-refractivity contribution in [1.29, 1.82) is 0 Å². The molecular formula is C14H14ClN3O4S. The van der Waals surface area contributed by atoms with Gasteiger partial charge < -0.3 is 4.90 Å². The fourth-order valence-electron chi connectivity index (χ4n) is 1.67. The fraction of sp³-hybridized carbons (Fsp3) is 0.214. The summed E-state index contributed by atoms with van der Waals surface area (Å²) in [4.78, 5) is 13.4. The van der Waals surface area contributed by atoms with Crippen LogP contribution in [-0.2, 0) is 21.2 Å². The summed E-state index contributed by atoms with van der Waals surface area (Å²) >= 11 is 5.72. The first-order valence-electron chi connectivity index (χ1n) is 6.51. The second kappa shape index (κ2) is 6.93. The molecule has 9 heteroatoms. The van der Waals surface area contributed by atoms with Gasteiger partial charge in [0, 0.05) is 23.6 Å². The quantitative estimate of drug-likeness (QED) is 0.761. The highest BCUT2D eigenvalue weighted by Crippen LogP contribution is 2.16. The molecule has 1 heterocycles. The van der Waals surface area contributed by atoms with Crippen molar-refractivity contribution in [3.8, 4) is 0 Å². The van der Waals surface area contributed by atoms with E-state index >= 15 is 0 Å². The lowest BCUT2D eigenvalue weighted by Gasteiger charge is -2.12. The molecule has 0 radical (unpaired) electrons. The maximum atomic E-state index is 12.1. The standard InChI is InChI=1S/C14H14ClN3O4S/c1-10-13(17-22-16-10)9-18(2)14(19)7-8-23(20,21)12-5-3-11(15)4-6-12/h3-8H,9H2,1-2H3/b8-7+. The Kier molecular flexibility index (Phi) is 5.17. The summed E-state index contributed by atoms with van der Waals surface area (Å²) in [5.74, 6) is -0.482. The fourth-order valence-corrected chi connectivity index (χ4v) is 2.77. The third-order valence-electron chi connectivity index (χ3n) is 3.04. The van der Waals surface area contributed by atoms with E-state index in [0.29, 0.717) is 16.4 Å². The van der Waals surface area contributed by atoms with Crippen molar-refractivity contribution in [1.82, 2.24) is 15.2 Å². The molecule has 0 atom stereocenters. The summed E-state index contributed by atoms with van der Waals surface area (Å²) in [7, 11) is -2.19. The maximum Gasteiger partial charge on any atom is 0.247 e. The minimum Gasteiger partial charge on any atom is -0.336 e. The van der Waals surface area contributed by atoms with Crippen LogP contribution in [0.15, 0.2) is 45.3 Å². The molecule has 0 unspecified atom stereocenters. The van der Waals surface area contributed by atoms with Crippen LogP contribution in [0.25, 0.3) is 0 Å². The van der Waals surface area contributed by atoms with Gasteiger partial charge in [0.1, 0.15) is 11.4 Å². The molecule has 0 bridgehead atoms. The molecule has 2 rings (SSSR count). The Balaban J connectivity index is 2.07. The number of nitrogens with zero attached hydrogens (tertiary/aromatic N) is 3. The molecule has 122 valence electrons. The van der Waals surface area contributed by atoms with Gasteiger partial charge in [0.25, 0.3) is 0 Å². The van der Waals surface area contributed by atoms with E-state index in [0.717, 1.165) is 11.5 Å². The first-order chi connectivity index (χ1) is 10.8. The summed E-state index contributed by atoms with van der Waals surface area (Å²) in [5, 5.41) is 8.58. The number of aryl methyl sites for hydroxylation is 1. The molecule has 23 heavy (non-hydrogen) atoms. The van der Waals surface area contributed by atoms with Gasteiger partial charge in [0.05, 0.1) is 11.4 Å². The number of hydrogen-bond donors (Lipinski definition) is 0. The van der Waals surface area contributed by atoms with Gasteiger partial charge in [-0.25, -0.2) is 13.0 Å². The average Bonchev–Trinajstić information content (AvgIpc) is 2.90. The van der Waals surface area contributed by atoms with Crippen LogP contribution in [0.2, 0.25) is 5.02 Å². The predicted molar refractivity (Wildman–Crippen MR) is 83.3 cm³/mol. The molecule has 0 spiro atoms. The monoisotopic (exact) mass is 355 g/mol. The molecule has 0 N–H and O–H groups in total. The Morgan fingerprint density at radius 2 is 1.96 bits per heavy atom. The topological polar surface area (TPSA) is 93.4 Å². The van der Waals surface area contributed by atoms with Gasteiger partial charge in [-0.2, -0.15) is 0 Å². The van der Waals surface area contributed by atoms with Gasteiger partial charge in [-0.05, 0) is 31.2 Å². The number of sulfone groups is 1. The molecule has 1 aromatic carbocycles. The minimum absolute atomic E-state index is 0.0603. The lowest BCUT2D eigenvalue weighted by atomic mass is 10.3. The highest BCUT2D eigenvalue weighted by Gasteiger charge is 2.14. The molecule has 0 saturated carbocycles. The van der Waals surface area contributed by atoms with Crippen LogP contribution in [0.5, 0.6) is 0 Å². The number of rotatable bonds is 5. The van der Waals surface area contributed by atoms with Crippen molar-refractivity contribution in [2.75, 3.05) is 7.05 Å². The summed E-state index contributed by atoms with van der Waals surface area (Å²) in [5.41, 5.74) is 1.08. The van der Waals surface area contributed by atoms with Crippen LogP contribution in [0.4, 0.5) is 0 Å². The van der Waals surface area contributed by atoms with E-state index < -0.39 is 15.7 Å². The Bertz CT molecular complexity index is 828. The average molecular weight is 356 g/mol. The highest BCUT2D eigenvalue weighted by molar-refractivity contribution is 7.94. The largest absolute Gasteiger partial charge is 0.336 e. The zero-order chi connectivity index (χ0) is 17.0. The van der Waals surface area contributed by atoms with Crippen molar-refractivity contribution < 1.29 is 17.8 Å². The summed E-state index contributed by atoms with van der Waals surface area (Å²) in [6.45, 7) is 1.87. The van der Waals surface area contributed by atoms with Crippen LogP contribution >= 0.6 is 11.6 Å². The molecule has 7 nitrogen and oxygen atoms in total. The second-order valence-corrected chi connectivity index (χ2v) is 7.06. The Hall–Kier alpha value is -2.19. The van der Waals surface area contributed by atoms with E-state index in [1.807, 2.05) is 0 Å². The Morgan fingerprint density at radius 3 is 2.52 bits per heavy atom. The van der Waals surface area contributed by atoms with E-state index in [-0.39, 0.29) is 11.4 Å². The second-order valence-electron chi connectivity index (χ2n) is 4.79. The van der Waals surface area contributed by atoms with Gasteiger partial charge in [0.2, 0.25) is 5.91 Å².